The van der Waals surface area contributed by atoms with Crippen LogP contribution in [0.1, 0.15) is 12.0 Å². The fourth-order valence-corrected chi connectivity index (χ4v) is 3.71. The van der Waals surface area contributed by atoms with Crippen LogP contribution in [0, 0.1) is 0 Å². The summed E-state index contributed by atoms with van der Waals surface area (Å²) in [7, 11) is 2.10. The highest BCUT2D eigenvalue weighted by molar-refractivity contribution is 6.30. The number of benzene rings is 2. The van der Waals surface area contributed by atoms with Crippen LogP contribution in [0.4, 0.5) is 0 Å². The molecule has 1 aliphatic rings. The third-order valence-electron chi connectivity index (χ3n) is 5.32. The van der Waals surface area contributed by atoms with Crippen molar-refractivity contribution in [1.29, 1.82) is 0 Å². The van der Waals surface area contributed by atoms with E-state index in [-0.39, 0.29) is 5.91 Å². The molecule has 0 radical (unpaired) electrons. The summed E-state index contributed by atoms with van der Waals surface area (Å²) in [5.74, 6) is 0.0415. The third kappa shape index (κ3) is 4.81. The smallest absolute Gasteiger partial charge is 0.246 e. The predicted octanol–water partition coefficient (Wildman–Crippen LogP) is 4.37. The second-order valence-electron chi connectivity index (χ2n) is 7.54. The number of carbonyl (C=O) groups excluding carboxylic acids is 1. The number of aromatic nitrogens is 2. The summed E-state index contributed by atoms with van der Waals surface area (Å²) in [5, 5.41) is 5.47. The molecule has 1 aliphatic heterocycles. The molecule has 0 N–H and O–H groups in total. The first-order valence-electron chi connectivity index (χ1n) is 10.2. The highest BCUT2D eigenvalue weighted by Gasteiger charge is 2.16. The van der Waals surface area contributed by atoms with Crippen molar-refractivity contribution in [2.45, 2.75) is 6.42 Å². The molecule has 0 saturated carbocycles. The van der Waals surface area contributed by atoms with E-state index in [1.807, 2.05) is 76.5 Å². The highest BCUT2D eigenvalue weighted by atomic mass is 35.5. The van der Waals surface area contributed by atoms with Crippen LogP contribution in [0.3, 0.4) is 0 Å². The van der Waals surface area contributed by atoms with Crippen LogP contribution in [-0.2, 0) is 4.79 Å². The van der Waals surface area contributed by atoms with Gasteiger partial charge >= 0.3 is 0 Å². The van der Waals surface area contributed by atoms with Crippen molar-refractivity contribution in [2.24, 2.45) is 0 Å². The van der Waals surface area contributed by atoms with Gasteiger partial charge < -0.3 is 9.80 Å². The molecule has 0 spiro atoms. The Morgan fingerprint density at radius 1 is 1.00 bits per heavy atom. The van der Waals surface area contributed by atoms with Crippen molar-refractivity contribution in [3.05, 3.63) is 77.5 Å². The number of rotatable bonds is 4. The second-order valence-corrected chi connectivity index (χ2v) is 7.97. The summed E-state index contributed by atoms with van der Waals surface area (Å²) < 4.78 is 1.84. The molecule has 1 saturated heterocycles. The average molecular weight is 421 g/mol. The van der Waals surface area contributed by atoms with Gasteiger partial charge in [-0.2, -0.15) is 5.10 Å². The van der Waals surface area contributed by atoms with Gasteiger partial charge in [0.05, 0.1) is 11.4 Å². The molecule has 2 heterocycles. The minimum atomic E-state index is 0.0415. The van der Waals surface area contributed by atoms with Crippen LogP contribution in [-0.4, -0.2) is 58.7 Å². The maximum absolute atomic E-state index is 12.8. The van der Waals surface area contributed by atoms with E-state index >= 15 is 0 Å². The minimum Gasteiger partial charge on any atom is -0.338 e. The zero-order chi connectivity index (χ0) is 20.9. The number of likely N-dealkylation sites (N-methyl/N-ethyl adjacent to an activating group) is 1. The van der Waals surface area contributed by atoms with Crippen LogP contribution in [0.5, 0.6) is 0 Å². The van der Waals surface area contributed by atoms with Crippen molar-refractivity contribution < 1.29 is 4.79 Å². The van der Waals surface area contributed by atoms with E-state index in [9.17, 15) is 4.79 Å². The van der Waals surface area contributed by atoms with Gasteiger partial charge in [-0.15, -0.1) is 0 Å². The van der Waals surface area contributed by atoms with Crippen molar-refractivity contribution in [1.82, 2.24) is 19.6 Å². The average Bonchev–Trinajstić information content (AvgIpc) is 3.07. The molecule has 0 unspecified atom stereocenters. The first-order valence-corrected chi connectivity index (χ1v) is 10.5. The predicted molar refractivity (Wildman–Crippen MR) is 122 cm³/mol. The first-order chi connectivity index (χ1) is 14.6. The van der Waals surface area contributed by atoms with Crippen LogP contribution >= 0.6 is 11.6 Å². The molecule has 4 rings (SSSR count). The van der Waals surface area contributed by atoms with E-state index in [1.54, 1.807) is 6.08 Å². The lowest BCUT2D eigenvalue weighted by Gasteiger charge is -2.18. The summed E-state index contributed by atoms with van der Waals surface area (Å²) in [6.45, 7) is 3.48. The summed E-state index contributed by atoms with van der Waals surface area (Å²) >= 11 is 6.06. The molecule has 1 aromatic heterocycles. The maximum Gasteiger partial charge on any atom is 0.246 e. The van der Waals surface area contributed by atoms with Crippen LogP contribution in [0.25, 0.3) is 23.0 Å². The highest BCUT2D eigenvalue weighted by Crippen LogP contribution is 2.26. The lowest BCUT2D eigenvalue weighted by atomic mass is 10.1. The molecule has 2 aromatic carbocycles. The van der Waals surface area contributed by atoms with E-state index in [0.717, 1.165) is 55.1 Å². The summed E-state index contributed by atoms with van der Waals surface area (Å²) in [6, 6.07) is 17.5. The molecule has 3 aromatic rings. The Morgan fingerprint density at radius 2 is 1.77 bits per heavy atom. The zero-order valence-corrected chi connectivity index (χ0v) is 17.8. The normalized spacial score (nSPS) is 15.5. The Bertz CT molecular complexity index is 1030. The number of hydrogen-bond acceptors (Lipinski definition) is 3. The van der Waals surface area contributed by atoms with Gasteiger partial charge in [0.1, 0.15) is 0 Å². The van der Waals surface area contributed by atoms with Gasteiger partial charge in [-0.25, -0.2) is 4.68 Å². The van der Waals surface area contributed by atoms with Gasteiger partial charge in [-0.3, -0.25) is 4.79 Å². The first kappa shape index (κ1) is 20.4. The summed E-state index contributed by atoms with van der Waals surface area (Å²) in [5.41, 5.74) is 3.63. The fraction of sp³-hybridized carbons (Fsp3) is 0.250. The second kappa shape index (κ2) is 9.28. The molecule has 0 aliphatic carbocycles. The van der Waals surface area contributed by atoms with Gasteiger partial charge in [0.25, 0.3) is 0 Å². The lowest BCUT2D eigenvalue weighted by molar-refractivity contribution is -0.125. The Kier molecular flexibility index (Phi) is 6.31. The maximum atomic E-state index is 12.8. The van der Waals surface area contributed by atoms with Gasteiger partial charge in [0.2, 0.25) is 5.91 Å². The van der Waals surface area contributed by atoms with Crippen molar-refractivity contribution in [3.8, 4) is 16.9 Å². The quantitative estimate of drug-likeness (QED) is 0.588. The number of hydrogen-bond donors (Lipinski definition) is 0. The summed E-state index contributed by atoms with van der Waals surface area (Å²) in [4.78, 5) is 17.0. The number of para-hydroxylation sites is 1. The zero-order valence-electron chi connectivity index (χ0n) is 17.0. The molecular formula is C24H25ClN4O. The number of carbonyl (C=O) groups is 1. The molecule has 1 amide bonds. The Balaban J connectivity index is 1.63. The van der Waals surface area contributed by atoms with Gasteiger partial charge in [-0.05, 0) is 50.4 Å². The van der Waals surface area contributed by atoms with Crippen LogP contribution in [0.15, 0.2) is 66.9 Å². The molecule has 154 valence electrons. The third-order valence-corrected chi connectivity index (χ3v) is 5.57. The van der Waals surface area contributed by atoms with Crippen molar-refractivity contribution in [2.75, 3.05) is 33.2 Å². The van der Waals surface area contributed by atoms with Gasteiger partial charge in [0.15, 0.2) is 0 Å². The van der Waals surface area contributed by atoms with Crippen molar-refractivity contribution in [3.63, 3.8) is 0 Å². The molecule has 6 heteroatoms. The Morgan fingerprint density at radius 3 is 2.53 bits per heavy atom. The number of amides is 1. The van der Waals surface area contributed by atoms with Gasteiger partial charge in [-0.1, -0.05) is 41.9 Å². The topological polar surface area (TPSA) is 41.4 Å². The standard InChI is InChI=1S/C24H25ClN4O/c1-27-14-5-15-28(17-16-27)23(30)13-10-20-18-29(22-6-3-2-4-7-22)26-24(20)19-8-11-21(25)12-9-19/h2-4,6-13,18H,5,14-17H2,1H3/b13-10+. The van der Waals surface area contributed by atoms with Crippen LogP contribution in [0.2, 0.25) is 5.02 Å². The minimum absolute atomic E-state index is 0.0415. The number of nitrogens with zero attached hydrogens (tertiary/aromatic N) is 4. The molecular weight excluding hydrogens is 396 g/mol. The lowest BCUT2D eigenvalue weighted by Crippen LogP contribution is -2.33. The van der Waals surface area contributed by atoms with Gasteiger partial charge in [0, 0.05) is 48.1 Å². The Labute approximate surface area is 182 Å². The molecule has 1 fully saturated rings. The van der Waals surface area contributed by atoms with Crippen molar-refractivity contribution >= 4 is 23.6 Å². The Hall–Kier alpha value is -2.89. The van der Waals surface area contributed by atoms with Crippen LogP contribution < -0.4 is 0 Å². The monoisotopic (exact) mass is 420 g/mol. The molecule has 5 nitrogen and oxygen atoms in total. The molecule has 30 heavy (non-hydrogen) atoms. The molecule has 0 atom stereocenters. The van der Waals surface area contributed by atoms with E-state index in [1.165, 1.54) is 0 Å². The van der Waals surface area contributed by atoms with E-state index < -0.39 is 0 Å². The van der Waals surface area contributed by atoms with E-state index in [0.29, 0.717) is 5.02 Å². The number of halogens is 1. The molecule has 0 bridgehead atoms. The SMILES string of the molecule is CN1CCCN(C(=O)/C=C/c2cn(-c3ccccc3)nc2-c2ccc(Cl)cc2)CC1. The van der Waals surface area contributed by atoms with E-state index in [4.69, 9.17) is 16.7 Å². The largest absolute Gasteiger partial charge is 0.338 e. The summed E-state index contributed by atoms with van der Waals surface area (Å²) in [6.07, 6.45) is 6.49. The van der Waals surface area contributed by atoms with E-state index in [2.05, 4.69) is 11.9 Å². The fourth-order valence-electron chi connectivity index (χ4n) is 3.59.